The summed E-state index contributed by atoms with van der Waals surface area (Å²) in [6, 6.07) is 0. The van der Waals surface area contributed by atoms with Gasteiger partial charge < -0.3 is 4.74 Å². The summed E-state index contributed by atoms with van der Waals surface area (Å²) in [5, 5.41) is 0. The Hall–Kier alpha value is -1.76. The molecule has 0 saturated carbocycles. The molecule has 0 aromatic carbocycles. The highest BCUT2D eigenvalue weighted by Gasteiger charge is 2.23. The van der Waals surface area contributed by atoms with Gasteiger partial charge in [0.2, 0.25) is 0 Å². The highest BCUT2D eigenvalue weighted by Crippen LogP contribution is 2.20. The molecule has 0 aliphatic carbocycles. The van der Waals surface area contributed by atoms with Crippen LogP contribution in [0.25, 0.3) is 0 Å². The van der Waals surface area contributed by atoms with Gasteiger partial charge in [-0.3, -0.25) is 0 Å². The van der Waals surface area contributed by atoms with Crippen LogP contribution in [-0.4, -0.2) is 21.2 Å². The van der Waals surface area contributed by atoms with Crippen LogP contribution < -0.4 is 0 Å². The number of imidazole rings is 1. The smallest absolute Gasteiger partial charge is 0.419 e. The molecule has 0 bridgehead atoms. The monoisotopic (exact) mass is 234 g/mol. The van der Waals surface area contributed by atoms with Crippen LogP contribution in [-0.2, 0) is 10.2 Å². The van der Waals surface area contributed by atoms with Crippen molar-refractivity contribution in [2.24, 2.45) is 0 Å². The zero-order valence-electron chi connectivity index (χ0n) is 10.9. The van der Waals surface area contributed by atoms with Crippen LogP contribution in [0.5, 0.6) is 0 Å². The van der Waals surface area contributed by atoms with Gasteiger partial charge in [0.25, 0.3) is 0 Å². The molecule has 0 radical (unpaired) electrons. The first-order valence-electron chi connectivity index (χ1n) is 5.41. The van der Waals surface area contributed by atoms with E-state index < -0.39 is 17.1 Å². The molecule has 92 valence electrons. The Bertz CT molecular complexity index is 458. The van der Waals surface area contributed by atoms with Gasteiger partial charge in [-0.15, -0.1) is 6.42 Å². The molecule has 0 unspecified atom stereocenters. The molecule has 0 aliphatic rings. The van der Waals surface area contributed by atoms with Gasteiger partial charge in [0.05, 0.1) is 11.1 Å². The van der Waals surface area contributed by atoms with E-state index in [1.807, 2.05) is 34.6 Å². The zero-order valence-corrected chi connectivity index (χ0v) is 10.9. The van der Waals surface area contributed by atoms with Crippen molar-refractivity contribution in [3.8, 4) is 12.3 Å². The molecule has 4 nitrogen and oxygen atoms in total. The molecule has 0 fully saturated rings. The van der Waals surface area contributed by atoms with Crippen LogP contribution in [0.1, 0.15) is 40.3 Å². The molecule has 0 N–H and O–H groups in total. The Kier molecular flexibility index (Phi) is 3.33. The number of terminal acetylenes is 1. The Morgan fingerprint density at radius 3 is 2.47 bits per heavy atom. The Labute approximate surface area is 102 Å². The van der Waals surface area contributed by atoms with E-state index >= 15 is 0 Å². The summed E-state index contributed by atoms with van der Waals surface area (Å²) < 4.78 is 6.52. The highest BCUT2D eigenvalue weighted by molar-refractivity contribution is 5.70. The van der Waals surface area contributed by atoms with Gasteiger partial charge in [0.15, 0.2) is 0 Å². The first-order valence-corrected chi connectivity index (χ1v) is 5.41. The molecule has 0 spiro atoms. The van der Waals surface area contributed by atoms with E-state index in [9.17, 15) is 4.79 Å². The molecule has 17 heavy (non-hydrogen) atoms. The van der Waals surface area contributed by atoms with Crippen molar-refractivity contribution in [3.05, 3.63) is 18.2 Å². The van der Waals surface area contributed by atoms with Gasteiger partial charge in [0, 0.05) is 6.20 Å². The average molecular weight is 234 g/mol. The largest absolute Gasteiger partial charge is 0.443 e. The fourth-order valence-corrected chi connectivity index (χ4v) is 1.13. The number of carbonyl (C=O) groups excluding carboxylic acids is 1. The lowest BCUT2D eigenvalue weighted by Gasteiger charge is -2.19. The lowest BCUT2D eigenvalue weighted by atomic mass is 9.91. The molecule has 0 atom stereocenters. The molecule has 1 aromatic rings. The molecule has 1 heterocycles. The molecular weight excluding hydrogens is 216 g/mol. The van der Waals surface area contributed by atoms with Crippen LogP contribution in [0.2, 0.25) is 0 Å². The summed E-state index contributed by atoms with van der Waals surface area (Å²) in [6.07, 6.45) is 7.98. The summed E-state index contributed by atoms with van der Waals surface area (Å²) in [5.74, 6) is 2.63. The predicted molar refractivity (Wildman–Crippen MR) is 65.7 cm³/mol. The van der Waals surface area contributed by atoms with E-state index in [1.165, 1.54) is 10.9 Å². The molecule has 4 heteroatoms. The second kappa shape index (κ2) is 4.25. The molecule has 0 aliphatic heterocycles. The Morgan fingerprint density at radius 2 is 2.00 bits per heavy atom. The summed E-state index contributed by atoms with van der Waals surface area (Å²) in [6.45, 7) is 9.18. The van der Waals surface area contributed by atoms with Crippen molar-refractivity contribution in [1.82, 2.24) is 9.55 Å². The lowest BCUT2D eigenvalue weighted by Crippen LogP contribution is -2.26. The number of hydrogen-bond donors (Lipinski definition) is 0. The van der Waals surface area contributed by atoms with Crippen LogP contribution >= 0.6 is 0 Å². The summed E-state index contributed by atoms with van der Waals surface area (Å²) in [4.78, 5) is 15.9. The van der Waals surface area contributed by atoms with E-state index in [-0.39, 0.29) is 0 Å². The van der Waals surface area contributed by atoms with E-state index in [0.29, 0.717) is 5.69 Å². The number of ether oxygens (including phenoxy) is 1. The van der Waals surface area contributed by atoms with Gasteiger partial charge in [-0.25, -0.2) is 14.3 Å². The lowest BCUT2D eigenvalue weighted by molar-refractivity contribution is 0.0536. The molecule has 0 saturated heterocycles. The molecule has 1 aromatic heterocycles. The third-order valence-electron chi connectivity index (χ3n) is 2.19. The van der Waals surface area contributed by atoms with Crippen LogP contribution in [0.3, 0.4) is 0 Å². The normalized spacial score (nSPS) is 12.0. The quantitative estimate of drug-likeness (QED) is 0.701. The summed E-state index contributed by atoms with van der Waals surface area (Å²) >= 11 is 0. The molecule has 0 amide bonds. The number of aromatic nitrogens is 2. The third-order valence-corrected chi connectivity index (χ3v) is 2.19. The Morgan fingerprint density at radius 1 is 1.41 bits per heavy atom. The van der Waals surface area contributed by atoms with Crippen molar-refractivity contribution in [2.75, 3.05) is 0 Å². The van der Waals surface area contributed by atoms with Crippen molar-refractivity contribution >= 4 is 6.09 Å². The third kappa shape index (κ3) is 3.35. The van der Waals surface area contributed by atoms with Crippen molar-refractivity contribution in [3.63, 3.8) is 0 Å². The van der Waals surface area contributed by atoms with Crippen molar-refractivity contribution in [2.45, 2.75) is 45.6 Å². The summed E-state index contributed by atoms with van der Waals surface area (Å²) in [5.41, 5.74) is -0.345. The van der Waals surface area contributed by atoms with E-state index in [2.05, 4.69) is 10.9 Å². The average Bonchev–Trinajstić information content (AvgIpc) is 2.64. The zero-order chi connectivity index (χ0) is 13.3. The van der Waals surface area contributed by atoms with E-state index in [0.717, 1.165) is 0 Å². The van der Waals surface area contributed by atoms with Gasteiger partial charge >= 0.3 is 6.09 Å². The fourth-order valence-electron chi connectivity index (χ4n) is 1.13. The maximum Gasteiger partial charge on any atom is 0.419 e. The van der Waals surface area contributed by atoms with E-state index in [1.54, 1.807) is 6.20 Å². The van der Waals surface area contributed by atoms with Gasteiger partial charge in [-0.05, 0) is 34.6 Å². The predicted octanol–water partition coefficient (Wildman–Crippen LogP) is 2.58. The topological polar surface area (TPSA) is 44.1 Å². The first kappa shape index (κ1) is 13.3. The van der Waals surface area contributed by atoms with Gasteiger partial charge in [-0.2, -0.15) is 0 Å². The molecule has 1 rings (SSSR count). The highest BCUT2D eigenvalue weighted by atomic mass is 16.6. The minimum atomic E-state index is -0.525. The SMILES string of the molecule is C#CC(C)(C)c1cn(C(=O)OC(C)(C)C)cn1. The van der Waals surface area contributed by atoms with Crippen molar-refractivity contribution < 1.29 is 9.53 Å². The van der Waals surface area contributed by atoms with Crippen LogP contribution in [0.15, 0.2) is 12.5 Å². The van der Waals surface area contributed by atoms with Gasteiger partial charge in [-0.1, -0.05) is 5.92 Å². The standard InChI is InChI=1S/C13H18N2O2/c1-7-13(5,6)10-8-15(9-14-10)11(16)17-12(2,3)4/h1,8-9H,2-6H3. The minimum absolute atomic E-state index is 0.455. The number of nitrogens with zero attached hydrogens (tertiary/aromatic N) is 2. The maximum atomic E-state index is 11.7. The Balaban J connectivity index is 2.90. The molecular formula is C13H18N2O2. The van der Waals surface area contributed by atoms with Gasteiger partial charge in [0.1, 0.15) is 11.9 Å². The summed E-state index contributed by atoms with van der Waals surface area (Å²) in [7, 11) is 0. The second-order valence-electron chi connectivity index (χ2n) is 5.42. The maximum absolute atomic E-state index is 11.7. The van der Waals surface area contributed by atoms with Crippen LogP contribution in [0.4, 0.5) is 4.79 Å². The van der Waals surface area contributed by atoms with E-state index in [4.69, 9.17) is 11.2 Å². The van der Waals surface area contributed by atoms with Crippen LogP contribution in [0, 0.1) is 12.3 Å². The number of carbonyl (C=O) groups is 1. The fraction of sp³-hybridized carbons (Fsp3) is 0.538. The van der Waals surface area contributed by atoms with Crippen molar-refractivity contribution in [1.29, 1.82) is 0 Å². The number of rotatable bonds is 1. The second-order valence-corrected chi connectivity index (χ2v) is 5.42. The number of hydrogen-bond acceptors (Lipinski definition) is 3. The first-order chi connectivity index (χ1) is 7.65. The minimum Gasteiger partial charge on any atom is -0.443 e.